The topological polar surface area (TPSA) is 166 Å². The molecule has 0 spiro atoms. The number of aromatic nitrogens is 9. The van der Waals surface area contributed by atoms with Crippen molar-refractivity contribution in [3.05, 3.63) is 146 Å². The van der Waals surface area contributed by atoms with Crippen LogP contribution in [0.4, 0.5) is 30.6 Å². The summed E-state index contributed by atoms with van der Waals surface area (Å²) in [4.78, 5) is 38.4. The molecule has 0 aliphatic carbocycles. The van der Waals surface area contributed by atoms with Crippen LogP contribution in [0.3, 0.4) is 0 Å². The number of anilines is 3. The zero-order valence-corrected chi connectivity index (χ0v) is 36.0. The summed E-state index contributed by atoms with van der Waals surface area (Å²) < 4.78 is 39.9. The Morgan fingerprint density at radius 2 is 0.806 bits per heavy atom. The summed E-state index contributed by atoms with van der Waals surface area (Å²) in [5, 5.41) is 6.50. The van der Waals surface area contributed by atoms with Gasteiger partial charge in [-0.2, -0.15) is 0 Å². The fourth-order valence-corrected chi connectivity index (χ4v) is 6.02. The minimum atomic E-state index is -0.299. The number of hydrogen-bond acceptors (Lipinski definition) is 12. The summed E-state index contributed by atoms with van der Waals surface area (Å²) in [5.74, 6) is 0.838. The van der Waals surface area contributed by atoms with E-state index in [1.165, 1.54) is 55.4 Å². The van der Waals surface area contributed by atoms with E-state index in [9.17, 15) is 13.2 Å². The minimum absolute atomic E-state index is 0. The smallest absolute Gasteiger partial charge is 1.00 e. The molecule has 310 valence electrons. The van der Waals surface area contributed by atoms with Gasteiger partial charge in [0.1, 0.15) is 53.0 Å². The van der Waals surface area contributed by atoms with Crippen molar-refractivity contribution in [2.75, 3.05) is 16.4 Å². The van der Waals surface area contributed by atoms with Gasteiger partial charge in [-0.1, -0.05) is 43.8 Å². The molecule has 12 nitrogen and oxygen atoms in total. The largest absolute Gasteiger partial charge is 1.00 e. The van der Waals surface area contributed by atoms with Crippen molar-refractivity contribution in [2.45, 2.75) is 47.2 Å². The first kappa shape index (κ1) is 46.4. The SMILES string of the molecule is C.CC(C)Nc1ncnc2ccc(-c3cccc(F)c3)nc12.CC(C)Nc1ncnc2ccc(-c3cccc(F)c3)nc12.Nc1ncnc2ccc(-c3cccc(F)c3)nc12.[H-].[Na+]. The third-order valence-electron chi connectivity index (χ3n) is 8.69. The van der Waals surface area contributed by atoms with E-state index in [1.807, 2.05) is 64.1 Å². The summed E-state index contributed by atoms with van der Waals surface area (Å²) in [7, 11) is 0. The number of hydrogen-bond donors (Lipinski definition) is 3. The molecule has 0 radical (unpaired) electrons. The van der Waals surface area contributed by atoms with Gasteiger partial charge in [0.15, 0.2) is 17.5 Å². The van der Waals surface area contributed by atoms with Crippen molar-refractivity contribution >= 4 is 50.6 Å². The molecule has 4 N–H and O–H groups in total. The van der Waals surface area contributed by atoms with Gasteiger partial charge in [0.2, 0.25) is 0 Å². The number of fused-ring (bicyclic) bond motifs is 3. The maximum absolute atomic E-state index is 13.4. The van der Waals surface area contributed by atoms with Crippen molar-refractivity contribution in [2.24, 2.45) is 0 Å². The average Bonchev–Trinajstić information content (AvgIpc) is 3.24. The van der Waals surface area contributed by atoms with E-state index >= 15 is 0 Å². The number of benzene rings is 3. The maximum atomic E-state index is 13.4. The van der Waals surface area contributed by atoms with Gasteiger partial charge in [0, 0.05) is 28.8 Å². The number of nitrogens with one attached hydrogen (secondary N) is 2. The molecule has 0 fully saturated rings. The first-order valence-corrected chi connectivity index (χ1v) is 18.9. The van der Waals surface area contributed by atoms with Crippen LogP contribution in [0.1, 0.15) is 36.5 Å². The van der Waals surface area contributed by atoms with Crippen LogP contribution in [0.25, 0.3) is 66.9 Å². The molecular weight excluding hydrogens is 801 g/mol. The first-order chi connectivity index (χ1) is 29.0. The second-order valence-corrected chi connectivity index (χ2v) is 14.0. The summed E-state index contributed by atoms with van der Waals surface area (Å²) in [6, 6.07) is 30.5. The Balaban J connectivity index is 0.000000203. The summed E-state index contributed by atoms with van der Waals surface area (Å²) >= 11 is 0. The zero-order valence-electron chi connectivity index (χ0n) is 35.0. The van der Waals surface area contributed by atoms with Crippen LogP contribution >= 0.6 is 0 Å². The van der Waals surface area contributed by atoms with Crippen LogP contribution in [0.2, 0.25) is 0 Å². The first-order valence-electron chi connectivity index (χ1n) is 18.9. The van der Waals surface area contributed by atoms with E-state index in [0.717, 1.165) is 22.2 Å². The Morgan fingerprint density at radius 3 is 1.16 bits per heavy atom. The molecule has 0 aliphatic rings. The number of nitrogen functional groups attached to an aromatic ring is 1. The second-order valence-electron chi connectivity index (χ2n) is 14.0. The monoisotopic (exact) mass is 844 g/mol. The van der Waals surface area contributed by atoms with Crippen LogP contribution in [0.15, 0.2) is 128 Å². The summed E-state index contributed by atoms with van der Waals surface area (Å²) in [5.41, 5.74) is 14.0. The summed E-state index contributed by atoms with van der Waals surface area (Å²) in [6.45, 7) is 8.13. The van der Waals surface area contributed by atoms with Gasteiger partial charge in [-0.3, -0.25) is 0 Å². The Labute approximate surface area is 380 Å². The van der Waals surface area contributed by atoms with Gasteiger partial charge in [0.25, 0.3) is 0 Å². The molecule has 0 saturated heterocycles. The molecule has 9 aromatic rings. The van der Waals surface area contributed by atoms with Gasteiger partial charge in [-0.05, 0) is 100 Å². The minimum Gasteiger partial charge on any atom is -1.00 e. The van der Waals surface area contributed by atoms with E-state index in [2.05, 4.69) is 55.5 Å². The number of nitrogens with zero attached hydrogens (tertiary/aromatic N) is 9. The number of rotatable bonds is 7. The Morgan fingerprint density at radius 1 is 0.468 bits per heavy atom. The van der Waals surface area contributed by atoms with Gasteiger partial charge >= 0.3 is 29.6 Å². The van der Waals surface area contributed by atoms with E-state index in [4.69, 9.17) is 5.73 Å². The Kier molecular flexibility index (Phi) is 15.9. The van der Waals surface area contributed by atoms with Crippen molar-refractivity contribution in [3.8, 4) is 33.8 Å². The molecule has 0 bridgehead atoms. The third kappa shape index (κ3) is 11.6. The Bertz CT molecular complexity index is 2810. The van der Waals surface area contributed by atoms with E-state index in [0.29, 0.717) is 62.2 Å². The van der Waals surface area contributed by atoms with E-state index in [-0.39, 0.29) is 67.9 Å². The van der Waals surface area contributed by atoms with Crippen LogP contribution in [-0.4, -0.2) is 56.9 Å². The molecule has 0 unspecified atom stereocenters. The van der Waals surface area contributed by atoms with E-state index in [1.54, 1.807) is 36.4 Å². The quantitative estimate of drug-likeness (QED) is 0.136. The van der Waals surface area contributed by atoms with Crippen molar-refractivity contribution in [1.82, 2.24) is 44.9 Å². The predicted octanol–water partition coefficient (Wildman–Crippen LogP) is 7.47. The second kappa shape index (κ2) is 21.2. The molecular formula is C46H44F3N12Na. The van der Waals surface area contributed by atoms with Crippen LogP contribution in [-0.2, 0) is 0 Å². The molecule has 0 aliphatic heterocycles. The fraction of sp³-hybridized carbons (Fsp3) is 0.152. The molecule has 3 aromatic carbocycles. The fourth-order valence-electron chi connectivity index (χ4n) is 6.02. The molecule has 16 heteroatoms. The number of pyridine rings is 3. The van der Waals surface area contributed by atoms with Gasteiger partial charge in [0.05, 0.1) is 33.6 Å². The normalized spacial score (nSPS) is 10.6. The van der Waals surface area contributed by atoms with Gasteiger partial charge < -0.3 is 17.8 Å². The molecule has 0 saturated carbocycles. The van der Waals surface area contributed by atoms with E-state index < -0.39 is 0 Å². The van der Waals surface area contributed by atoms with Crippen molar-refractivity contribution in [1.29, 1.82) is 0 Å². The van der Waals surface area contributed by atoms with Crippen LogP contribution < -0.4 is 45.9 Å². The molecule has 9 rings (SSSR count). The zero-order chi connectivity index (χ0) is 42.2. The van der Waals surface area contributed by atoms with Gasteiger partial charge in [-0.15, -0.1) is 0 Å². The van der Waals surface area contributed by atoms with Crippen LogP contribution in [0, 0.1) is 17.5 Å². The van der Waals surface area contributed by atoms with Gasteiger partial charge in [-0.25, -0.2) is 58.0 Å². The standard InChI is InChI=1S/2C16H15FN4.C13H9FN4.CH4.Na.H/c2*1-10(2)20-16-15-14(18-9-19-16)7-6-13(21-15)11-4-3-5-12(17)8-11;14-9-3-1-2-8(6-9)10-4-5-11-12(18-10)13(15)17-7-16-11;;;/h2*3-10H,1-2H3,(H,18,19,20);1-7H,(H2,15,16,17);1H4;;/q;;;;+1;-1. The molecule has 6 heterocycles. The third-order valence-corrected chi connectivity index (χ3v) is 8.69. The van der Waals surface area contributed by atoms with Crippen LogP contribution in [0.5, 0.6) is 0 Å². The number of nitrogens with two attached hydrogens (primary N) is 1. The molecule has 0 amide bonds. The predicted molar refractivity (Wildman–Crippen MR) is 238 cm³/mol. The van der Waals surface area contributed by atoms with Crippen molar-refractivity contribution in [3.63, 3.8) is 0 Å². The maximum Gasteiger partial charge on any atom is 1.00 e. The molecule has 62 heavy (non-hydrogen) atoms. The molecule has 0 atom stereocenters. The average molecular weight is 845 g/mol. The van der Waals surface area contributed by atoms with Crippen molar-refractivity contribution < 1.29 is 44.2 Å². The number of halogens is 3. The molecule has 6 aromatic heterocycles. The summed E-state index contributed by atoms with van der Waals surface area (Å²) in [6.07, 6.45) is 4.41. The Hall–Kier alpha value is -6.68.